The van der Waals surface area contributed by atoms with Crippen LogP contribution in [0.1, 0.15) is 27.6 Å². The van der Waals surface area contributed by atoms with E-state index in [9.17, 15) is 18.0 Å². The summed E-state index contributed by atoms with van der Waals surface area (Å²) in [6, 6.07) is 18.5. The van der Waals surface area contributed by atoms with Crippen LogP contribution in [0.3, 0.4) is 0 Å². The summed E-state index contributed by atoms with van der Waals surface area (Å²) in [7, 11) is -2.56. The number of sulfonamides is 1. The minimum Gasteiger partial charge on any atom is -0.495 e. The van der Waals surface area contributed by atoms with Crippen molar-refractivity contribution in [3.8, 4) is 5.75 Å². The average molecular weight is 455 g/mol. The van der Waals surface area contributed by atoms with Gasteiger partial charge in [-0.2, -0.15) is 0 Å². The number of esters is 1. The number of methoxy groups -OCH3 is 1. The summed E-state index contributed by atoms with van der Waals surface area (Å²) in [6.45, 7) is 1.94. The zero-order valence-corrected chi connectivity index (χ0v) is 18.3. The maximum Gasteiger partial charge on any atom is 0.338 e. The predicted octanol–water partition coefficient (Wildman–Crippen LogP) is 3.93. The van der Waals surface area contributed by atoms with E-state index in [4.69, 9.17) is 9.47 Å². The van der Waals surface area contributed by atoms with Crippen LogP contribution in [-0.4, -0.2) is 34.0 Å². The monoisotopic (exact) mass is 454 g/mol. The molecule has 8 nitrogen and oxygen atoms in total. The molecule has 0 bridgehead atoms. The molecule has 0 radical (unpaired) electrons. The van der Waals surface area contributed by atoms with Crippen molar-refractivity contribution < 1.29 is 27.5 Å². The van der Waals surface area contributed by atoms with Crippen molar-refractivity contribution in [2.24, 2.45) is 0 Å². The summed E-state index contributed by atoms with van der Waals surface area (Å²) in [5.41, 5.74) is 1.21. The second-order valence-corrected chi connectivity index (χ2v) is 8.27. The molecule has 166 valence electrons. The molecule has 0 aromatic heterocycles. The molecule has 0 spiro atoms. The molecule has 0 aliphatic rings. The van der Waals surface area contributed by atoms with Gasteiger partial charge in [-0.25, -0.2) is 13.2 Å². The normalized spacial score (nSPS) is 10.8. The van der Waals surface area contributed by atoms with Crippen LogP contribution in [-0.2, 0) is 14.8 Å². The predicted molar refractivity (Wildman–Crippen MR) is 121 cm³/mol. The van der Waals surface area contributed by atoms with Gasteiger partial charge in [0, 0.05) is 11.3 Å². The minimum atomic E-state index is -3.98. The van der Waals surface area contributed by atoms with Crippen molar-refractivity contribution >= 4 is 33.3 Å². The molecule has 0 saturated carbocycles. The lowest BCUT2D eigenvalue weighted by molar-refractivity contribution is 0.0526. The number of hydrogen-bond acceptors (Lipinski definition) is 6. The molecule has 0 heterocycles. The zero-order chi connectivity index (χ0) is 23.1. The molecular formula is C23H22N2O6S. The van der Waals surface area contributed by atoms with E-state index < -0.39 is 21.9 Å². The zero-order valence-electron chi connectivity index (χ0n) is 17.5. The Morgan fingerprint density at radius 3 is 2.22 bits per heavy atom. The molecule has 32 heavy (non-hydrogen) atoms. The fourth-order valence-electron chi connectivity index (χ4n) is 2.84. The number of hydrogen-bond donors (Lipinski definition) is 2. The van der Waals surface area contributed by atoms with Crippen LogP contribution in [0.2, 0.25) is 0 Å². The van der Waals surface area contributed by atoms with Gasteiger partial charge in [0.2, 0.25) is 0 Å². The highest BCUT2D eigenvalue weighted by Gasteiger charge is 2.19. The lowest BCUT2D eigenvalue weighted by Gasteiger charge is -2.14. The Bertz CT molecular complexity index is 1210. The van der Waals surface area contributed by atoms with E-state index in [0.717, 1.165) is 0 Å². The van der Waals surface area contributed by atoms with Crippen LogP contribution in [0, 0.1) is 0 Å². The second-order valence-electron chi connectivity index (χ2n) is 6.59. The first-order chi connectivity index (χ1) is 15.3. The Balaban J connectivity index is 1.82. The fraction of sp³-hybridized carbons (Fsp3) is 0.130. The second kappa shape index (κ2) is 9.97. The summed E-state index contributed by atoms with van der Waals surface area (Å²) in [5.74, 6) is -0.580. The van der Waals surface area contributed by atoms with E-state index in [1.54, 1.807) is 37.3 Å². The molecule has 0 aliphatic heterocycles. The average Bonchev–Trinajstić information content (AvgIpc) is 2.80. The maximum absolute atomic E-state index is 12.9. The quantitative estimate of drug-likeness (QED) is 0.499. The molecule has 0 fully saturated rings. The number of nitrogens with one attached hydrogen (secondary N) is 2. The maximum atomic E-state index is 12.9. The van der Waals surface area contributed by atoms with Gasteiger partial charge in [0.05, 0.1) is 29.9 Å². The number of amides is 1. The summed E-state index contributed by atoms with van der Waals surface area (Å²) in [4.78, 5) is 24.2. The third-order valence-corrected chi connectivity index (χ3v) is 5.79. The molecular weight excluding hydrogens is 432 g/mol. The first-order valence-corrected chi connectivity index (χ1v) is 11.2. The Hall–Kier alpha value is -3.85. The molecule has 0 saturated heterocycles. The van der Waals surface area contributed by atoms with Gasteiger partial charge in [-0.05, 0) is 61.5 Å². The van der Waals surface area contributed by atoms with E-state index in [2.05, 4.69) is 10.0 Å². The van der Waals surface area contributed by atoms with Gasteiger partial charge in [0.15, 0.2) is 0 Å². The third-order valence-electron chi connectivity index (χ3n) is 4.41. The van der Waals surface area contributed by atoms with Crippen molar-refractivity contribution in [1.82, 2.24) is 0 Å². The van der Waals surface area contributed by atoms with Gasteiger partial charge in [0.1, 0.15) is 5.75 Å². The van der Waals surface area contributed by atoms with Crippen molar-refractivity contribution in [1.29, 1.82) is 0 Å². The Labute approximate surface area is 186 Å². The van der Waals surface area contributed by atoms with Crippen LogP contribution >= 0.6 is 0 Å². The first kappa shape index (κ1) is 22.8. The van der Waals surface area contributed by atoms with E-state index in [-0.39, 0.29) is 22.9 Å². The standard InChI is InChI=1S/C23H22N2O6S/c1-3-31-23(27)17-9-11-18(12-10-17)25-32(28,29)19-13-14-21(30-2)20(15-19)24-22(26)16-7-5-4-6-8-16/h4-15,25H,3H2,1-2H3,(H,24,26). The third kappa shape index (κ3) is 5.44. The SMILES string of the molecule is CCOC(=O)c1ccc(NS(=O)(=O)c2ccc(OC)c(NC(=O)c3ccccc3)c2)cc1. The molecule has 3 aromatic rings. The smallest absolute Gasteiger partial charge is 0.338 e. The van der Waals surface area contributed by atoms with Crippen molar-refractivity contribution in [2.45, 2.75) is 11.8 Å². The van der Waals surface area contributed by atoms with E-state index >= 15 is 0 Å². The number of carbonyl (C=O) groups is 2. The highest BCUT2D eigenvalue weighted by Crippen LogP contribution is 2.29. The van der Waals surface area contributed by atoms with Gasteiger partial charge >= 0.3 is 5.97 Å². The molecule has 0 aliphatic carbocycles. The highest BCUT2D eigenvalue weighted by atomic mass is 32.2. The lowest BCUT2D eigenvalue weighted by atomic mass is 10.2. The molecule has 3 rings (SSSR count). The number of ether oxygens (including phenoxy) is 2. The number of carbonyl (C=O) groups excluding carboxylic acids is 2. The highest BCUT2D eigenvalue weighted by molar-refractivity contribution is 7.92. The van der Waals surface area contributed by atoms with Crippen molar-refractivity contribution in [3.05, 3.63) is 83.9 Å². The largest absolute Gasteiger partial charge is 0.495 e. The first-order valence-electron chi connectivity index (χ1n) is 9.68. The van der Waals surface area contributed by atoms with Crippen molar-refractivity contribution in [2.75, 3.05) is 23.8 Å². The molecule has 1 amide bonds. The van der Waals surface area contributed by atoms with E-state index in [1.807, 2.05) is 0 Å². The van der Waals surface area contributed by atoms with Gasteiger partial charge in [-0.1, -0.05) is 18.2 Å². The van der Waals surface area contributed by atoms with Gasteiger partial charge in [-0.3, -0.25) is 9.52 Å². The topological polar surface area (TPSA) is 111 Å². The van der Waals surface area contributed by atoms with E-state index in [0.29, 0.717) is 16.9 Å². The Kier molecular flexibility index (Phi) is 7.11. The van der Waals surface area contributed by atoms with Crippen LogP contribution in [0.5, 0.6) is 5.75 Å². The van der Waals surface area contributed by atoms with Crippen molar-refractivity contribution in [3.63, 3.8) is 0 Å². The van der Waals surface area contributed by atoms with Crippen LogP contribution in [0.15, 0.2) is 77.7 Å². The molecule has 9 heteroatoms. The van der Waals surface area contributed by atoms with E-state index in [1.165, 1.54) is 49.6 Å². The summed E-state index contributed by atoms with van der Waals surface area (Å²) in [5, 5.41) is 2.68. The number of rotatable bonds is 8. The molecule has 0 atom stereocenters. The van der Waals surface area contributed by atoms with Gasteiger partial charge in [-0.15, -0.1) is 0 Å². The Morgan fingerprint density at radius 2 is 1.59 bits per heavy atom. The Morgan fingerprint density at radius 1 is 0.906 bits per heavy atom. The summed E-state index contributed by atoms with van der Waals surface area (Å²) < 4.78 is 38.4. The van der Waals surface area contributed by atoms with Crippen LogP contribution in [0.4, 0.5) is 11.4 Å². The minimum absolute atomic E-state index is 0.0730. The fourth-order valence-corrected chi connectivity index (χ4v) is 3.92. The van der Waals surface area contributed by atoms with Crippen LogP contribution in [0.25, 0.3) is 0 Å². The van der Waals surface area contributed by atoms with Gasteiger partial charge in [0.25, 0.3) is 15.9 Å². The van der Waals surface area contributed by atoms with Gasteiger partial charge < -0.3 is 14.8 Å². The molecule has 3 aromatic carbocycles. The number of anilines is 2. The summed E-state index contributed by atoms with van der Waals surface area (Å²) >= 11 is 0. The number of benzene rings is 3. The molecule has 2 N–H and O–H groups in total. The summed E-state index contributed by atoms with van der Waals surface area (Å²) in [6.07, 6.45) is 0. The molecule has 0 unspecified atom stereocenters. The van der Waals surface area contributed by atoms with Crippen LogP contribution < -0.4 is 14.8 Å². The lowest BCUT2D eigenvalue weighted by Crippen LogP contribution is -2.16.